The van der Waals surface area contributed by atoms with Crippen molar-refractivity contribution < 1.29 is 18.8 Å². The highest BCUT2D eigenvalue weighted by Gasteiger charge is 2.28. The number of rotatable bonds is 1. The number of carbonyl (C=O) groups excluding carboxylic acids is 1. The molecule has 0 spiro atoms. The third-order valence-corrected chi connectivity index (χ3v) is 4.81. The molecule has 126 valence electrons. The van der Waals surface area contributed by atoms with Crippen LogP contribution in [0.1, 0.15) is 50.3 Å². The van der Waals surface area contributed by atoms with E-state index in [1.807, 2.05) is 6.07 Å². The van der Waals surface area contributed by atoms with E-state index in [2.05, 4.69) is 25.1 Å². The Bertz CT molecular complexity index is 908. The van der Waals surface area contributed by atoms with Gasteiger partial charge >= 0.3 is 5.97 Å². The molecule has 1 aliphatic carbocycles. The molecule has 4 rings (SSSR count). The van der Waals surface area contributed by atoms with Gasteiger partial charge in [-0.1, -0.05) is 0 Å². The molecule has 5 heteroatoms. The fraction of sp³-hybridized carbons (Fsp3) is 0.474. The SMILES string of the molecule is CC(=O)ON=c1oc2cc3c(cc2c2c1CCC2)CCC(C)(C)O3. The van der Waals surface area contributed by atoms with Gasteiger partial charge in [-0.3, -0.25) is 0 Å². The first-order chi connectivity index (χ1) is 11.4. The number of ether oxygens (including phenoxy) is 1. The quantitative estimate of drug-likeness (QED) is 0.595. The minimum atomic E-state index is -0.451. The molecule has 2 aliphatic rings. The van der Waals surface area contributed by atoms with Gasteiger partial charge in [0.05, 0.1) is 0 Å². The van der Waals surface area contributed by atoms with Crippen LogP contribution in [0.3, 0.4) is 0 Å². The Morgan fingerprint density at radius 1 is 1.21 bits per heavy atom. The first-order valence-corrected chi connectivity index (χ1v) is 8.45. The number of hydrogen-bond donors (Lipinski definition) is 0. The van der Waals surface area contributed by atoms with E-state index in [9.17, 15) is 4.79 Å². The third-order valence-electron chi connectivity index (χ3n) is 4.81. The minimum absolute atomic E-state index is 0.164. The van der Waals surface area contributed by atoms with E-state index in [4.69, 9.17) is 14.0 Å². The molecule has 2 aromatic rings. The number of aryl methyl sites for hydroxylation is 2. The van der Waals surface area contributed by atoms with Crippen molar-refractivity contribution >= 4 is 16.9 Å². The van der Waals surface area contributed by atoms with Gasteiger partial charge < -0.3 is 14.0 Å². The number of fused-ring (bicyclic) bond motifs is 4. The van der Waals surface area contributed by atoms with Crippen molar-refractivity contribution in [3.63, 3.8) is 0 Å². The maximum absolute atomic E-state index is 11.1. The molecule has 0 bridgehead atoms. The van der Waals surface area contributed by atoms with Crippen molar-refractivity contribution in [3.8, 4) is 5.75 Å². The molecular formula is C19H21NO4. The summed E-state index contributed by atoms with van der Waals surface area (Å²) in [4.78, 5) is 15.9. The van der Waals surface area contributed by atoms with E-state index in [0.717, 1.165) is 54.4 Å². The summed E-state index contributed by atoms with van der Waals surface area (Å²) < 4.78 is 12.1. The molecule has 24 heavy (non-hydrogen) atoms. The topological polar surface area (TPSA) is 61.0 Å². The predicted molar refractivity (Wildman–Crippen MR) is 88.6 cm³/mol. The lowest BCUT2D eigenvalue weighted by Gasteiger charge is -2.32. The second-order valence-electron chi connectivity index (χ2n) is 7.21. The van der Waals surface area contributed by atoms with E-state index < -0.39 is 5.97 Å². The summed E-state index contributed by atoms with van der Waals surface area (Å²) >= 11 is 0. The van der Waals surface area contributed by atoms with Crippen LogP contribution in [0.25, 0.3) is 11.0 Å². The minimum Gasteiger partial charge on any atom is -0.487 e. The fourth-order valence-corrected chi connectivity index (χ4v) is 3.62. The van der Waals surface area contributed by atoms with Crippen LogP contribution in [0.15, 0.2) is 21.7 Å². The smallest absolute Gasteiger partial charge is 0.332 e. The maximum Gasteiger partial charge on any atom is 0.332 e. The Balaban J connectivity index is 1.92. The second kappa shape index (κ2) is 5.36. The van der Waals surface area contributed by atoms with Gasteiger partial charge in [0.25, 0.3) is 5.55 Å². The summed E-state index contributed by atoms with van der Waals surface area (Å²) in [5.74, 6) is 0.423. The summed E-state index contributed by atoms with van der Waals surface area (Å²) in [6, 6.07) is 4.15. The van der Waals surface area contributed by atoms with Crippen molar-refractivity contribution in [1.29, 1.82) is 0 Å². The number of nitrogens with zero attached hydrogens (tertiary/aromatic N) is 1. The average Bonchev–Trinajstić information content (AvgIpc) is 3.00. The van der Waals surface area contributed by atoms with Gasteiger partial charge in [-0.25, -0.2) is 4.79 Å². The predicted octanol–water partition coefficient (Wildman–Crippen LogP) is 3.40. The van der Waals surface area contributed by atoms with Gasteiger partial charge in [0.15, 0.2) is 0 Å². The molecule has 1 aromatic carbocycles. The molecule has 0 fully saturated rings. The average molecular weight is 327 g/mol. The zero-order valence-electron chi connectivity index (χ0n) is 14.3. The highest BCUT2D eigenvalue weighted by atomic mass is 16.7. The molecule has 1 aromatic heterocycles. The lowest BCUT2D eigenvalue weighted by Crippen LogP contribution is -2.32. The fourth-order valence-electron chi connectivity index (χ4n) is 3.62. The van der Waals surface area contributed by atoms with Crippen molar-refractivity contribution in [1.82, 2.24) is 0 Å². The van der Waals surface area contributed by atoms with Crippen LogP contribution in [-0.2, 0) is 28.9 Å². The largest absolute Gasteiger partial charge is 0.487 e. The third kappa shape index (κ3) is 2.58. The van der Waals surface area contributed by atoms with Gasteiger partial charge in [0.1, 0.15) is 16.9 Å². The van der Waals surface area contributed by atoms with E-state index in [1.54, 1.807) is 0 Å². The molecule has 0 amide bonds. The Morgan fingerprint density at radius 3 is 2.79 bits per heavy atom. The highest BCUT2D eigenvalue weighted by Crippen LogP contribution is 2.38. The number of carbonyl (C=O) groups is 1. The summed E-state index contributed by atoms with van der Waals surface area (Å²) in [7, 11) is 0. The maximum atomic E-state index is 11.1. The number of benzene rings is 1. The normalized spacial score (nSPS) is 18.9. The van der Waals surface area contributed by atoms with E-state index in [0.29, 0.717) is 5.55 Å². The summed E-state index contributed by atoms with van der Waals surface area (Å²) in [5.41, 5.74) is 4.52. The zero-order valence-corrected chi connectivity index (χ0v) is 14.3. The first kappa shape index (κ1) is 15.2. The Kier molecular flexibility index (Phi) is 3.41. The van der Waals surface area contributed by atoms with E-state index in [-0.39, 0.29) is 5.60 Å². The molecule has 0 saturated carbocycles. The van der Waals surface area contributed by atoms with E-state index >= 15 is 0 Å². The molecule has 0 radical (unpaired) electrons. The van der Waals surface area contributed by atoms with Crippen LogP contribution >= 0.6 is 0 Å². The van der Waals surface area contributed by atoms with E-state index in [1.165, 1.54) is 18.1 Å². The molecule has 0 unspecified atom stereocenters. The van der Waals surface area contributed by atoms with Crippen LogP contribution in [0, 0.1) is 0 Å². The van der Waals surface area contributed by atoms with Gasteiger partial charge in [0.2, 0.25) is 0 Å². The summed E-state index contributed by atoms with van der Waals surface area (Å²) in [6.07, 6.45) is 4.97. The van der Waals surface area contributed by atoms with Crippen molar-refractivity contribution in [2.45, 2.75) is 58.5 Å². The Morgan fingerprint density at radius 2 is 2.00 bits per heavy atom. The van der Waals surface area contributed by atoms with Crippen LogP contribution in [-0.4, -0.2) is 11.6 Å². The van der Waals surface area contributed by atoms with Crippen LogP contribution in [0.2, 0.25) is 0 Å². The molecule has 0 atom stereocenters. The van der Waals surface area contributed by atoms with Crippen molar-refractivity contribution in [2.24, 2.45) is 5.16 Å². The zero-order chi connectivity index (χ0) is 16.9. The first-order valence-electron chi connectivity index (χ1n) is 8.45. The Hall–Kier alpha value is -2.30. The van der Waals surface area contributed by atoms with Crippen LogP contribution in [0.4, 0.5) is 0 Å². The van der Waals surface area contributed by atoms with Crippen molar-refractivity contribution in [3.05, 3.63) is 34.4 Å². The molecular weight excluding hydrogens is 306 g/mol. The van der Waals surface area contributed by atoms with Crippen molar-refractivity contribution in [2.75, 3.05) is 0 Å². The highest BCUT2D eigenvalue weighted by molar-refractivity contribution is 5.84. The lowest BCUT2D eigenvalue weighted by molar-refractivity contribution is -0.141. The molecule has 0 saturated heterocycles. The van der Waals surface area contributed by atoms with Gasteiger partial charge in [0, 0.05) is 23.9 Å². The molecule has 5 nitrogen and oxygen atoms in total. The lowest BCUT2D eigenvalue weighted by atomic mass is 9.92. The second-order valence-corrected chi connectivity index (χ2v) is 7.21. The Labute approximate surface area is 140 Å². The number of hydrogen-bond acceptors (Lipinski definition) is 5. The van der Waals surface area contributed by atoms with Crippen LogP contribution in [0.5, 0.6) is 5.75 Å². The summed E-state index contributed by atoms with van der Waals surface area (Å²) in [6.45, 7) is 5.53. The molecule has 1 aliphatic heterocycles. The van der Waals surface area contributed by atoms with Crippen LogP contribution < -0.4 is 10.3 Å². The van der Waals surface area contributed by atoms with Gasteiger partial charge in [-0.2, -0.15) is 0 Å². The monoisotopic (exact) mass is 327 g/mol. The summed E-state index contributed by atoms with van der Waals surface area (Å²) in [5, 5.41) is 5.04. The molecule has 0 N–H and O–H groups in total. The standard InChI is InChI=1S/C19H21NO4/c1-11(21)24-20-18-14-6-4-5-13(14)15-9-12-7-8-19(2,3)23-16(12)10-17(15)22-18/h9-10H,4-8H2,1-3H3. The van der Waals surface area contributed by atoms with Gasteiger partial charge in [-0.05, 0) is 68.3 Å². The van der Waals surface area contributed by atoms with Gasteiger partial charge in [-0.15, -0.1) is 0 Å². The molecule has 2 heterocycles.